The fourth-order valence-electron chi connectivity index (χ4n) is 1.98. The summed E-state index contributed by atoms with van der Waals surface area (Å²) >= 11 is 1.35. The van der Waals surface area contributed by atoms with Crippen LogP contribution in [0.4, 0.5) is 0 Å². The van der Waals surface area contributed by atoms with Gasteiger partial charge in [0.2, 0.25) is 5.91 Å². The number of thioether (sulfide) groups is 1. The summed E-state index contributed by atoms with van der Waals surface area (Å²) in [5.41, 5.74) is 2.57. The Labute approximate surface area is 125 Å². The van der Waals surface area contributed by atoms with Crippen LogP contribution in [0, 0.1) is 18.3 Å². The Morgan fingerprint density at radius 3 is 2.55 bits per heavy atom. The van der Waals surface area contributed by atoms with Crippen molar-refractivity contribution in [3.63, 3.8) is 0 Å². The molecule has 0 aromatic carbocycles. The number of aromatic nitrogens is 1. The monoisotopic (exact) mass is 291 g/mol. The lowest BCUT2D eigenvalue weighted by molar-refractivity contribution is -0.127. The van der Waals surface area contributed by atoms with Gasteiger partial charge in [0, 0.05) is 18.8 Å². The van der Waals surface area contributed by atoms with E-state index in [-0.39, 0.29) is 5.91 Å². The van der Waals surface area contributed by atoms with E-state index in [1.807, 2.05) is 33.8 Å². The maximum Gasteiger partial charge on any atom is 0.232 e. The van der Waals surface area contributed by atoms with E-state index in [1.165, 1.54) is 11.8 Å². The molecule has 1 amide bonds. The molecule has 0 N–H and O–H groups in total. The van der Waals surface area contributed by atoms with Crippen LogP contribution in [0.15, 0.2) is 11.1 Å². The minimum Gasteiger partial charge on any atom is -0.343 e. The molecule has 0 saturated heterocycles. The van der Waals surface area contributed by atoms with Crippen molar-refractivity contribution in [1.29, 1.82) is 5.26 Å². The van der Waals surface area contributed by atoms with E-state index in [1.54, 1.807) is 4.90 Å². The van der Waals surface area contributed by atoms with Crippen LogP contribution in [-0.4, -0.2) is 34.6 Å². The van der Waals surface area contributed by atoms with Gasteiger partial charge in [0.05, 0.1) is 11.3 Å². The smallest absolute Gasteiger partial charge is 0.232 e. The van der Waals surface area contributed by atoms with Gasteiger partial charge in [-0.15, -0.1) is 0 Å². The van der Waals surface area contributed by atoms with Crippen molar-refractivity contribution in [2.75, 3.05) is 18.8 Å². The molecule has 1 rings (SSSR count). The van der Waals surface area contributed by atoms with Crippen molar-refractivity contribution in [3.05, 3.63) is 22.9 Å². The van der Waals surface area contributed by atoms with E-state index in [0.717, 1.165) is 17.7 Å². The minimum atomic E-state index is 0.0873. The molecule has 0 spiro atoms. The number of aryl methyl sites for hydroxylation is 2. The van der Waals surface area contributed by atoms with Crippen molar-refractivity contribution < 1.29 is 4.79 Å². The van der Waals surface area contributed by atoms with Crippen molar-refractivity contribution in [3.8, 4) is 6.07 Å². The molecule has 0 unspecified atom stereocenters. The molecule has 20 heavy (non-hydrogen) atoms. The van der Waals surface area contributed by atoms with Gasteiger partial charge in [-0.25, -0.2) is 4.98 Å². The molecule has 4 nitrogen and oxygen atoms in total. The average molecular weight is 291 g/mol. The summed E-state index contributed by atoms with van der Waals surface area (Å²) in [6.07, 6.45) is 0.828. The van der Waals surface area contributed by atoms with Gasteiger partial charge in [-0.3, -0.25) is 4.79 Å². The Morgan fingerprint density at radius 2 is 2.05 bits per heavy atom. The maximum absolute atomic E-state index is 12.0. The van der Waals surface area contributed by atoms with Crippen molar-refractivity contribution in [2.24, 2.45) is 0 Å². The normalized spacial score (nSPS) is 10.2. The molecule has 0 aliphatic carbocycles. The number of carbonyl (C=O) groups excluding carboxylic acids is 1. The Kier molecular flexibility index (Phi) is 6.53. The van der Waals surface area contributed by atoms with E-state index >= 15 is 0 Å². The highest BCUT2D eigenvalue weighted by atomic mass is 32.2. The number of hydrogen-bond acceptors (Lipinski definition) is 4. The molecular weight excluding hydrogens is 270 g/mol. The third kappa shape index (κ3) is 3.97. The molecule has 108 valence electrons. The van der Waals surface area contributed by atoms with Crippen LogP contribution in [0.1, 0.15) is 37.6 Å². The van der Waals surface area contributed by atoms with Crippen LogP contribution >= 0.6 is 11.8 Å². The van der Waals surface area contributed by atoms with Gasteiger partial charge in [0.25, 0.3) is 0 Å². The van der Waals surface area contributed by atoms with Gasteiger partial charge in [0.1, 0.15) is 11.1 Å². The molecule has 0 aliphatic rings. The zero-order chi connectivity index (χ0) is 15.1. The Bertz CT molecular complexity index is 519. The summed E-state index contributed by atoms with van der Waals surface area (Å²) in [5.74, 6) is 0.416. The first-order valence-corrected chi connectivity index (χ1v) is 7.87. The highest BCUT2D eigenvalue weighted by Gasteiger charge is 2.14. The summed E-state index contributed by atoms with van der Waals surface area (Å²) in [6, 6.07) is 4.02. The molecule has 0 radical (unpaired) electrons. The van der Waals surface area contributed by atoms with E-state index in [9.17, 15) is 10.1 Å². The molecule has 1 aromatic rings. The molecule has 1 aromatic heterocycles. The molecule has 0 aliphatic heterocycles. The lowest BCUT2D eigenvalue weighted by Gasteiger charge is -2.18. The maximum atomic E-state index is 12.0. The summed E-state index contributed by atoms with van der Waals surface area (Å²) in [5, 5.41) is 9.84. The predicted molar refractivity (Wildman–Crippen MR) is 81.7 cm³/mol. The summed E-state index contributed by atoms with van der Waals surface area (Å²) in [4.78, 5) is 18.3. The minimum absolute atomic E-state index is 0.0873. The highest BCUT2D eigenvalue weighted by Crippen LogP contribution is 2.23. The highest BCUT2D eigenvalue weighted by molar-refractivity contribution is 7.99. The number of amides is 1. The summed E-state index contributed by atoms with van der Waals surface area (Å²) in [7, 11) is 0. The first kappa shape index (κ1) is 16.5. The van der Waals surface area contributed by atoms with Crippen molar-refractivity contribution in [2.45, 2.75) is 39.1 Å². The lowest BCUT2D eigenvalue weighted by Crippen LogP contribution is -2.31. The van der Waals surface area contributed by atoms with Crippen LogP contribution in [0.2, 0.25) is 0 Å². The molecule has 0 saturated carbocycles. The molecular formula is C15H21N3OS. The Hall–Kier alpha value is -1.54. The Morgan fingerprint density at radius 1 is 1.40 bits per heavy atom. The van der Waals surface area contributed by atoms with Gasteiger partial charge in [-0.1, -0.05) is 18.7 Å². The fraction of sp³-hybridized carbons (Fsp3) is 0.533. The van der Waals surface area contributed by atoms with Crippen LogP contribution in [0.5, 0.6) is 0 Å². The van der Waals surface area contributed by atoms with Gasteiger partial charge in [0.15, 0.2) is 0 Å². The fourth-order valence-corrected chi connectivity index (χ4v) is 2.86. The van der Waals surface area contributed by atoms with E-state index in [4.69, 9.17) is 0 Å². The van der Waals surface area contributed by atoms with Crippen LogP contribution in [-0.2, 0) is 11.2 Å². The second kappa shape index (κ2) is 7.91. The molecule has 0 atom stereocenters. The number of pyridine rings is 1. The van der Waals surface area contributed by atoms with Gasteiger partial charge >= 0.3 is 0 Å². The third-order valence-corrected chi connectivity index (χ3v) is 4.16. The average Bonchev–Trinajstić information content (AvgIpc) is 2.46. The second-order valence-electron chi connectivity index (χ2n) is 4.42. The lowest BCUT2D eigenvalue weighted by atomic mass is 10.1. The standard InChI is InChI=1S/C15H21N3OS/c1-5-13-11(4)8-12(9-16)15(17-13)20-10-14(19)18(6-2)7-3/h8H,5-7,10H2,1-4H3. The number of carbonyl (C=O) groups is 1. The zero-order valence-electron chi connectivity index (χ0n) is 12.6. The van der Waals surface area contributed by atoms with Gasteiger partial charge in [-0.2, -0.15) is 5.26 Å². The van der Waals surface area contributed by atoms with E-state index in [0.29, 0.717) is 29.4 Å². The summed E-state index contributed by atoms with van der Waals surface area (Å²) < 4.78 is 0. The topological polar surface area (TPSA) is 57.0 Å². The molecule has 5 heteroatoms. The second-order valence-corrected chi connectivity index (χ2v) is 5.39. The van der Waals surface area contributed by atoms with Crippen molar-refractivity contribution in [1.82, 2.24) is 9.88 Å². The number of nitrogens with zero attached hydrogens (tertiary/aromatic N) is 3. The van der Waals surface area contributed by atoms with Crippen LogP contribution in [0.25, 0.3) is 0 Å². The molecule has 0 bridgehead atoms. The zero-order valence-corrected chi connectivity index (χ0v) is 13.4. The Balaban J connectivity index is 2.87. The predicted octanol–water partition coefficient (Wildman–Crippen LogP) is 2.78. The van der Waals surface area contributed by atoms with Crippen LogP contribution in [0.3, 0.4) is 0 Å². The first-order chi connectivity index (χ1) is 9.57. The number of hydrogen-bond donors (Lipinski definition) is 0. The molecule has 1 heterocycles. The van der Waals surface area contributed by atoms with Crippen LogP contribution < -0.4 is 0 Å². The van der Waals surface area contributed by atoms with Gasteiger partial charge < -0.3 is 4.90 Å². The quantitative estimate of drug-likeness (QED) is 0.756. The van der Waals surface area contributed by atoms with E-state index in [2.05, 4.69) is 11.1 Å². The first-order valence-electron chi connectivity index (χ1n) is 6.88. The third-order valence-electron chi connectivity index (χ3n) is 3.19. The number of rotatable bonds is 6. The SMILES string of the molecule is CCc1nc(SCC(=O)N(CC)CC)c(C#N)cc1C. The summed E-state index contributed by atoms with van der Waals surface area (Å²) in [6.45, 7) is 9.35. The van der Waals surface area contributed by atoms with Gasteiger partial charge in [-0.05, 0) is 38.8 Å². The van der Waals surface area contributed by atoms with E-state index < -0.39 is 0 Å². The number of nitriles is 1. The molecule has 0 fully saturated rings. The van der Waals surface area contributed by atoms with Crippen molar-refractivity contribution >= 4 is 17.7 Å². The largest absolute Gasteiger partial charge is 0.343 e.